The maximum Gasteiger partial charge on any atom is 0.181 e. The molecule has 4 rings (SSSR count). The number of rotatable bonds is 5. The van der Waals surface area contributed by atoms with Gasteiger partial charge < -0.3 is 0 Å². The van der Waals surface area contributed by atoms with Crippen LogP contribution in [-0.2, 0) is 13.1 Å². The molecule has 1 N–H and O–H groups in total. The van der Waals surface area contributed by atoms with Crippen molar-refractivity contribution in [3.05, 3.63) is 54.1 Å². The molecule has 0 bridgehead atoms. The summed E-state index contributed by atoms with van der Waals surface area (Å²) < 4.78 is 1.97. The van der Waals surface area contributed by atoms with Gasteiger partial charge >= 0.3 is 0 Å². The molecule has 0 saturated carbocycles. The van der Waals surface area contributed by atoms with Gasteiger partial charge in [-0.05, 0) is 26.3 Å². The zero-order valence-corrected chi connectivity index (χ0v) is 13.9. The van der Waals surface area contributed by atoms with Crippen LogP contribution in [-0.4, -0.2) is 36.4 Å². The number of benzene rings is 1. The van der Waals surface area contributed by atoms with Gasteiger partial charge in [-0.1, -0.05) is 30.3 Å². The van der Waals surface area contributed by atoms with Crippen LogP contribution in [0.25, 0.3) is 11.4 Å². The molecule has 2 aromatic heterocycles. The van der Waals surface area contributed by atoms with Gasteiger partial charge in [-0.25, -0.2) is 4.98 Å². The van der Waals surface area contributed by atoms with Gasteiger partial charge in [0, 0.05) is 30.4 Å². The highest BCUT2D eigenvalue weighted by atomic mass is 15.3. The molecule has 124 valence electrons. The minimum atomic E-state index is 0.305. The number of aromatic amines is 1. The second kappa shape index (κ2) is 6.57. The molecule has 6 heteroatoms. The Labute approximate surface area is 141 Å². The molecule has 0 amide bonds. The largest absolute Gasteiger partial charge is 0.289 e. The van der Waals surface area contributed by atoms with Gasteiger partial charge in [0.1, 0.15) is 5.82 Å². The van der Waals surface area contributed by atoms with Gasteiger partial charge in [0.05, 0.1) is 12.2 Å². The molecule has 0 unspecified atom stereocenters. The van der Waals surface area contributed by atoms with Crippen molar-refractivity contribution in [3.63, 3.8) is 0 Å². The lowest BCUT2D eigenvalue weighted by molar-refractivity contribution is 0.240. The molecule has 1 aromatic carbocycles. The minimum Gasteiger partial charge on any atom is -0.289 e. The number of hydrogen-bond acceptors (Lipinski definition) is 4. The summed E-state index contributed by atoms with van der Waals surface area (Å²) in [7, 11) is 0. The van der Waals surface area contributed by atoms with Crippen molar-refractivity contribution in [3.8, 4) is 11.4 Å². The third-order valence-corrected chi connectivity index (χ3v) is 4.61. The van der Waals surface area contributed by atoms with E-state index in [4.69, 9.17) is 4.98 Å². The van der Waals surface area contributed by atoms with Crippen LogP contribution in [0.2, 0.25) is 0 Å². The fraction of sp³-hybridized carbons (Fsp3) is 0.389. The summed E-state index contributed by atoms with van der Waals surface area (Å²) in [5.41, 5.74) is 2.31. The summed E-state index contributed by atoms with van der Waals surface area (Å²) in [4.78, 5) is 7.21. The summed E-state index contributed by atoms with van der Waals surface area (Å²) in [5.74, 6) is 1.74. The Hall–Kier alpha value is -2.47. The lowest BCUT2D eigenvalue weighted by Crippen LogP contribution is -2.23. The molecule has 1 atom stereocenters. The first-order chi connectivity index (χ1) is 11.8. The topological polar surface area (TPSA) is 62.6 Å². The predicted octanol–water partition coefficient (Wildman–Crippen LogP) is 3.03. The van der Waals surface area contributed by atoms with E-state index in [2.05, 4.69) is 33.3 Å². The number of hydrogen-bond donors (Lipinski definition) is 1. The van der Waals surface area contributed by atoms with E-state index in [-0.39, 0.29) is 0 Å². The predicted molar refractivity (Wildman–Crippen MR) is 92.1 cm³/mol. The van der Waals surface area contributed by atoms with Crippen molar-refractivity contribution >= 4 is 0 Å². The Morgan fingerprint density at radius 1 is 1.25 bits per heavy atom. The van der Waals surface area contributed by atoms with E-state index >= 15 is 0 Å². The summed E-state index contributed by atoms with van der Waals surface area (Å²) in [6, 6.07) is 10.4. The summed E-state index contributed by atoms with van der Waals surface area (Å²) in [6.07, 6.45) is 6.40. The molecular weight excluding hydrogens is 300 g/mol. The minimum absolute atomic E-state index is 0.305. The zero-order valence-electron chi connectivity index (χ0n) is 13.9. The monoisotopic (exact) mass is 322 g/mol. The van der Waals surface area contributed by atoms with E-state index in [1.165, 1.54) is 12.0 Å². The molecule has 1 fully saturated rings. The molecule has 1 aliphatic heterocycles. The van der Waals surface area contributed by atoms with Crippen molar-refractivity contribution in [2.45, 2.75) is 38.9 Å². The van der Waals surface area contributed by atoms with Crippen LogP contribution in [0.3, 0.4) is 0 Å². The van der Waals surface area contributed by atoms with Crippen LogP contribution in [0.15, 0.2) is 42.7 Å². The molecule has 0 radical (unpaired) electrons. The van der Waals surface area contributed by atoms with Crippen molar-refractivity contribution in [2.75, 3.05) is 6.54 Å². The molecule has 24 heavy (non-hydrogen) atoms. The fourth-order valence-corrected chi connectivity index (χ4v) is 3.36. The maximum absolute atomic E-state index is 4.75. The average molecular weight is 322 g/mol. The Kier molecular flexibility index (Phi) is 4.13. The Bertz CT molecular complexity index is 791. The van der Waals surface area contributed by atoms with Gasteiger partial charge in [0.2, 0.25) is 0 Å². The van der Waals surface area contributed by atoms with Crippen molar-refractivity contribution in [2.24, 2.45) is 0 Å². The third-order valence-electron chi connectivity index (χ3n) is 4.61. The number of likely N-dealkylation sites (tertiary alicyclic amines) is 1. The zero-order chi connectivity index (χ0) is 16.4. The second-order valence-electron chi connectivity index (χ2n) is 6.24. The third kappa shape index (κ3) is 2.97. The SMILES string of the molecule is CCn1cc(CN2CCC[C@H]2c2nc(-c3ccccc3)n[nH]2)cn1. The van der Waals surface area contributed by atoms with E-state index < -0.39 is 0 Å². The van der Waals surface area contributed by atoms with Gasteiger partial charge in [0.15, 0.2) is 5.82 Å². The number of aryl methyl sites for hydroxylation is 1. The highest BCUT2D eigenvalue weighted by Gasteiger charge is 2.29. The van der Waals surface area contributed by atoms with Gasteiger partial charge in [-0.15, -0.1) is 0 Å². The Balaban J connectivity index is 1.51. The lowest BCUT2D eigenvalue weighted by Gasteiger charge is -2.21. The molecule has 1 saturated heterocycles. The summed E-state index contributed by atoms with van der Waals surface area (Å²) in [6.45, 7) is 5.01. The molecular formula is C18H22N6. The van der Waals surface area contributed by atoms with Crippen LogP contribution >= 0.6 is 0 Å². The first kappa shape index (κ1) is 15.1. The highest BCUT2D eigenvalue weighted by molar-refractivity contribution is 5.53. The summed E-state index contributed by atoms with van der Waals surface area (Å²) in [5, 5.41) is 11.9. The number of nitrogens with one attached hydrogen (secondary N) is 1. The van der Waals surface area contributed by atoms with Crippen molar-refractivity contribution in [1.29, 1.82) is 0 Å². The summed E-state index contributed by atoms with van der Waals surface area (Å²) >= 11 is 0. The van der Waals surface area contributed by atoms with Crippen molar-refractivity contribution < 1.29 is 0 Å². The van der Waals surface area contributed by atoms with Crippen LogP contribution in [0, 0.1) is 0 Å². The number of H-pyrrole nitrogens is 1. The van der Waals surface area contributed by atoms with Crippen LogP contribution in [0.5, 0.6) is 0 Å². The molecule has 0 spiro atoms. The quantitative estimate of drug-likeness (QED) is 0.784. The molecule has 0 aliphatic carbocycles. The van der Waals surface area contributed by atoms with Crippen LogP contribution in [0.1, 0.15) is 37.2 Å². The molecule has 1 aliphatic rings. The van der Waals surface area contributed by atoms with Gasteiger partial charge in [-0.3, -0.25) is 14.7 Å². The average Bonchev–Trinajstić information content (AvgIpc) is 3.36. The fourth-order valence-electron chi connectivity index (χ4n) is 3.36. The number of nitrogens with zero attached hydrogens (tertiary/aromatic N) is 5. The van der Waals surface area contributed by atoms with Crippen molar-refractivity contribution in [1.82, 2.24) is 29.9 Å². The number of aromatic nitrogens is 5. The van der Waals surface area contributed by atoms with E-state index in [9.17, 15) is 0 Å². The Morgan fingerprint density at radius 2 is 2.12 bits per heavy atom. The maximum atomic E-state index is 4.75. The molecule has 3 aromatic rings. The smallest absolute Gasteiger partial charge is 0.181 e. The lowest BCUT2D eigenvalue weighted by atomic mass is 10.2. The first-order valence-electron chi connectivity index (χ1n) is 8.56. The van der Waals surface area contributed by atoms with Crippen LogP contribution < -0.4 is 0 Å². The standard InChI is InChI=1S/C18H22N6/c1-2-24-13-14(11-19-24)12-23-10-6-9-16(23)18-20-17(21-22-18)15-7-4-3-5-8-15/h3-5,7-8,11,13,16H,2,6,9-10,12H2,1H3,(H,20,21,22)/t16-/m0/s1. The normalized spacial score (nSPS) is 18.3. The molecule has 6 nitrogen and oxygen atoms in total. The van der Waals surface area contributed by atoms with E-state index in [1.807, 2.05) is 41.2 Å². The van der Waals surface area contributed by atoms with Crippen LogP contribution in [0.4, 0.5) is 0 Å². The Morgan fingerprint density at radius 3 is 2.92 bits per heavy atom. The highest BCUT2D eigenvalue weighted by Crippen LogP contribution is 2.31. The van der Waals surface area contributed by atoms with E-state index in [0.717, 1.165) is 43.3 Å². The van der Waals surface area contributed by atoms with Gasteiger partial charge in [-0.2, -0.15) is 10.2 Å². The second-order valence-corrected chi connectivity index (χ2v) is 6.24. The van der Waals surface area contributed by atoms with E-state index in [0.29, 0.717) is 6.04 Å². The first-order valence-corrected chi connectivity index (χ1v) is 8.56. The molecule has 3 heterocycles. The van der Waals surface area contributed by atoms with Gasteiger partial charge in [0.25, 0.3) is 0 Å². The van der Waals surface area contributed by atoms with E-state index in [1.54, 1.807) is 0 Å².